The fourth-order valence-corrected chi connectivity index (χ4v) is 0.970. The highest BCUT2D eigenvalue weighted by atomic mass is 16.4. The van der Waals surface area contributed by atoms with Crippen LogP contribution in [0.3, 0.4) is 0 Å². The van der Waals surface area contributed by atoms with Crippen LogP contribution in [0.2, 0.25) is 0 Å². The van der Waals surface area contributed by atoms with E-state index in [2.05, 4.69) is 0 Å². The number of para-hydroxylation sites is 1. The van der Waals surface area contributed by atoms with Crippen molar-refractivity contribution in [2.24, 2.45) is 0 Å². The van der Waals surface area contributed by atoms with Crippen molar-refractivity contribution < 1.29 is 15.0 Å². The number of carboxylic acids is 1. The summed E-state index contributed by atoms with van der Waals surface area (Å²) in [5.74, 6) is -0.784. The molecule has 0 atom stereocenters. The molecule has 3 nitrogen and oxygen atoms in total. The van der Waals surface area contributed by atoms with Gasteiger partial charge in [-0.3, -0.25) is 0 Å². The highest BCUT2D eigenvalue weighted by Crippen LogP contribution is 2.15. The number of phenolic OH excluding ortho intramolecular Hbond substituents is 1. The maximum absolute atomic E-state index is 10.1. The van der Waals surface area contributed by atoms with Gasteiger partial charge in [0.15, 0.2) is 0 Å². The van der Waals surface area contributed by atoms with Gasteiger partial charge in [0.25, 0.3) is 0 Å². The second-order valence-electron chi connectivity index (χ2n) is 2.57. The lowest BCUT2D eigenvalue weighted by Crippen LogP contribution is -1.87. The summed E-state index contributed by atoms with van der Waals surface area (Å²) >= 11 is 0. The number of carbonyl (C=O) groups is 1. The first-order valence-corrected chi connectivity index (χ1v) is 3.86. The maximum atomic E-state index is 10.1. The van der Waals surface area contributed by atoms with Gasteiger partial charge in [-0.2, -0.15) is 0 Å². The van der Waals surface area contributed by atoms with Gasteiger partial charge in [0.05, 0.1) is 0 Å². The van der Waals surface area contributed by atoms with Crippen molar-refractivity contribution in [2.45, 2.75) is 6.42 Å². The summed E-state index contributed by atoms with van der Waals surface area (Å²) in [5.41, 5.74) is 0.722. The number of aliphatic carboxylic acids is 1. The normalized spacial score (nSPS) is 10.5. The van der Waals surface area contributed by atoms with Crippen molar-refractivity contribution >= 4 is 5.97 Å². The lowest BCUT2D eigenvalue weighted by atomic mass is 10.1. The second-order valence-corrected chi connectivity index (χ2v) is 2.57. The molecule has 3 heteroatoms. The minimum Gasteiger partial charge on any atom is -0.508 e. The van der Waals surface area contributed by atoms with E-state index in [1.807, 2.05) is 0 Å². The van der Waals surface area contributed by atoms with E-state index < -0.39 is 5.97 Å². The zero-order valence-corrected chi connectivity index (χ0v) is 6.97. The summed E-state index contributed by atoms with van der Waals surface area (Å²) in [7, 11) is 0. The van der Waals surface area contributed by atoms with Crippen LogP contribution < -0.4 is 0 Å². The zero-order valence-electron chi connectivity index (χ0n) is 6.97. The molecule has 0 fully saturated rings. The predicted octanol–water partition coefficient (Wildman–Crippen LogP) is 1.58. The maximum Gasteiger partial charge on any atom is 0.327 e. The molecule has 0 spiro atoms. The number of rotatable bonds is 3. The molecular formula is C10H10O3. The lowest BCUT2D eigenvalue weighted by Gasteiger charge is -1.98. The van der Waals surface area contributed by atoms with Crippen molar-refractivity contribution in [3.63, 3.8) is 0 Å². The van der Waals surface area contributed by atoms with Crippen molar-refractivity contribution in [3.05, 3.63) is 42.0 Å². The number of hydrogen-bond acceptors (Lipinski definition) is 2. The molecular weight excluding hydrogens is 168 g/mol. The second kappa shape index (κ2) is 4.30. The summed E-state index contributed by atoms with van der Waals surface area (Å²) in [6.45, 7) is 0. The van der Waals surface area contributed by atoms with E-state index in [1.54, 1.807) is 24.3 Å². The van der Waals surface area contributed by atoms with Crippen molar-refractivity contribution in [1.29, 1.82) is 0 Å². The Labute approximate surface area is 76.0 Å². The first-order valence-electron chi connectivity index (χ1n) is 3.86. The fourth-order valence-electron chi connectivity index (χ4n) is 0.970. The average molecular weight is 178 g/mol. The van der Waals surface area contributed by atoms with Crippen LogP contribution in [0.25, 0.3) is 0 Å². The van der Waals surface area contributed by atoms with Gasteiger partial charge in [-0.1, -0.05) is 24.3 Å². The summed E-state index contributed by atoms with van der Waals surface area (Å²) < 4.78 is 0. The van der Waals surface area contributed by atoms with Crippen LogP contribution in [0, 0.1) is 0 Å². The van der Waals surface area contributed by atoms with Gasteiger partial charge in [0.2, 0.25) is 0 Å². The molecule has 1 rings (SSSR count). The first kappa shape index (κ1) is 9.32. The van der Waals surface area contributed by atoms with E-state index in [-0.39, 0.29) is 5.75 Å². The third-order valence-corrected chi connectivity index (χ3v) is 1.59. The van der Waals surface area contributed by atoms with Crippen molar-refractivity contribution in [3.8, 4) is 5.75 Å². The number of hydrogen-bond donors (Lipinski definition) is 2. The first-order chi connectivity index (χ1) is 6.20. The molecule has 0 aromatic heterocycles. The standard InChI is InChI=1S/C10H10O3/c11-9-6-2-1-4-8(9)5-3-7-10(12)13/h1-4,6-7,11H,5H2,(H,12,13). The molecule has 0 heterocycles. The van der Waals surface area contributed by atoms with Crippen LogP contribution in [-0.4, -0.2) is 16.2 Å². The number of benzene rings is 1. The average Bonchev–Trinajstić information content (AvgIpc) is 2.08. The molecule has 0 saturated carbocycles. The predicted molar refractivity (Wildman–Crippen MR) is 48.6 cm³/mol. The van der Waals surface area contributed by atoms with E-state index in [0.29, 0.717) is 6.42 Å². The molecule has 1 aromatic carbocycles. The Morgan fingerprint density at radius 1 is 1.38 bits per heavy atom. The Kier molecular flexibility index (Phi) is 3.09. The Morgan fingerprint density at radius 3 is 2.69 bits per heavy atom. The monoisotopic (exact) mass is 178 g/mol. The van der Waals surface area contributed by atoms with Gasteiger partial charge in [-0.05, 0) is 18.1 Å². The third-order valence-electron chi connectivity index (χ3n) is 1.59. The highest BCUT2D eigenvalue weighted by molar-refractivity contribution is 5.79. The summed E-state index contributed by atoms with van der Waals surface area (Å²) in [5, 5.41) is 17.6. The minimum absolute atomic E-state index is 0.192. The molecule has 0 amide bonds. The van der Waals surface area contributed by atoms with Gasteiger partial charge >= 0.3 is 5.97 Å². The van der Waals surface area contributed by atoms with Crippen LogP contribution in [0.15, 0.2) is 36.4 Å². The topological polar surface area (TPSA) is 57.5 Å². The summed E-state index contributed by atoms with van der Waals surface area (Å²) in [6, 6.07) is 6.84. The van der Waals surface area contributed by atoms with Gasteiger partial charge in [0.1, 0.15) is 5.75 Å². The van der Waals surface area contributed by atoms with Crippen LogP contribution in [-0.2, 0) is 11.2 Å². The van der Waals surface area contributed by atoms with E-state index in [0.717, 1.165) is 11.6 Å². The Hall–Kier alpha value is -1.77. The van der Waals surface area contributed by atoms with Crippen LogP contribution in [0.5, 0.6) is 5.75 Å². The highest BCUT2D eigenvalue weighted by Gasteiger charge is 1.95. The summed E-state index contributed by atoms with van der Waals surface area (Å²) in [6.07, 6.45) is 2.99. The number of phenols is 1. The molecule has 0 aliphatic carbocycles. The van der Waals surface area contributed by atoms with E-state index in [4.69, 9.17) is 5.11 Å². The van der Waals surface area contributed by atoms with Crippen molar-refractivity contribution in [2.75, 3.05) is 0 Å². The molecule has 0 unspecified atom stereocenters. The smallest absolute Gasteiger partial charge is 0.327 e. The van der Waals surface area contributed by atoms with Gasteiger partial charge in [-0.15, -0.1) is 0 Å². The van der Waals surface area contributed by atoms with Crippen LogP contribution in [0.1, 0.15) is 5.56 Å². The van der Waals surface area contributed by atoms with Gasteiger partial charge < -0.3 is 10.2 Å². The molecule has 2 N–H and O–H groups in total. The fraction of sp³-hybridized carbons (Fsp3) is 0.100. The largest absolute Gasteiger partial charge is 0.508 e. The molecule has 0 aliphatic heterocycles. The molecule has 13 heavy (non-hydrogen) atoms. The Balaban J connectivity index is 2.64. The molecule has 68 valence electrons. The third kappa shape index (κ3) is 2.99. The van der Waals surface area contributed by atoms with Crippen molar-refractivity contribution in [1.82, 2.24) is 0 Å². The van der Waals surface area contributed by atoms with Gasteiger partial charge in [-0.25, -0.2) is 4.79 Å². The molecule has 0 bridgehead atoms. The van der Waals surface area contributed by atoms with Crippen LogP contribution >= 0.6 is 0 Å². The summed E-state index contributed by atoms with van der Waals surface area (Å²) in [4.78, 5) is 10.1. The number of carboxylic acid groups (broad SMARTS) is 1. The van der Waals surface area contributed by atoms with Gasteiger partial charge in [0, 0.05) is 6.08 Å². The molecule has 1 aromatic rings. The van der Waals surface area contributed by atoms with E-state index in [1.165, 1.54) is 6.08 Å². The van der Waals surface area contributed by atoms with E-state index >= 15 is 0 Å². The quantitative estimate of drug-likeness (QED) is 0.691. The van der Waals surface area contributed by atoms with E-state index in [9.17, 15) is 9.90 Å². The number of allylic oxidation sites excluding steroid dienone is 1. The Morgan fingerprint density at radius 2 is 2.08 bits per heavy atom. The molecule has 0 radical (unpaired) electrons. The minimum atomic E-state index is -0.976. The lowest BCUT2D eigenvalue weighted by molar-refractivity contribution is -0.131. The molecule has 0 aliphatic rings. The molecule has 0 saturated heterocycles. The zero-order chi connectivity index (χ0) is 9.68. The van der Waals surface area contributed by atoms with Crippen LogP contribution in [0.4, 0.5) is 0 Å². The SMILES string of the molecule is O=C(O)C=CCc1ccccc1O. The number of aromatic hydroxyl groups is 1. The Bertz CT molecular complexity index is 329.